The first-order valence-corrected chi connectivity index (χ1v) is 12.3. The lowest BCUT2D eigenvalue weighted by atomic mass is 10.0. The van der Waals surface area contributed by atoms with Gasteiger partial charge in [-0.15, -0.1) is 11.3 Å². The van der Waals surface area contributed by atoms with Crippen LogP contribution in [-0.2, 0) is 16.0 Å². The zero-order valence-electron chi connectivity index (χ0n) is 18.5. The SMILES string of the molecule is O=C(NC1CCCC1)C(c1ccccc1F)N(C(=O)Cc1cccs1)c1ccc2c(c1)OCO2. The number of nitrogens with zero attached hydrogens (tertiary/aromatic N) is 1. The van der Waals surface area contributed by atoms with Crippen LogP contribution < -0.4 is 19.7 Å². The number of hydrogen-bond donors (Lipinski definition) is 1. The van der Waals surface area contributed by atoms with Crippen LogP contribution in [0, 0.1) is 5.82 Å². The van der Waals surface area contributed by atoms with Crippen LogP contribution in [0.25, 0.3) is 0 Å². The second kappa shape index (κ2) is 9.85. The lowest BCUT2D eigenvalue weighted by Crippen LogP contribution is -2.47. The summed E-state index contributed by atoms with van der Waals surface area (Å²) in [5.74, 6) is -0.198. The van der Waals surface area contributed by atoms with Gasteiger partial charge >= 0.3 is 0 Å². The van der Waals surface area contributed by atoms with Gasteiger partial charge in [-0.05, 0) is 42.5 Å². The molecule has 5 rings (SSSR count). The van der Waals surface area contributed by atoms with E-state index in [-0.39, 0.29) is 30.7 Å². The molecule has 2 aromatic carbocycles. The first kappa shape index (κ1) is 22.4. The fourth-order valence-corrected chi connectivity index (χ4v) is 5.26. The molecule has 1 aliphatic heterocycles. The van der Waals surface area contributed by atoms with Crippen LogP contribution in [0.15, 0.2) is 60.0 Å². The molecule has 1 aliphatic carbocycles. The summed E-state index contributed by atoms with van der Waals surface area (Å²) >= 11 is 1.46. The zero-order chi connectivity index (χ0) is 23.5. The van der Waals surface area contributed by atoms with E-state index in [0.717, 1.165) is 30.6 Å². The van der Waals surface area contributed by atoms with Crippen molar-refractivity contribution in [2.75, 3.05) is 11.7 Å². The quantitative estimate of drug-likeness (QED) is 0.517. The Morgan fingerprint density at radius 2 is 1.85 bits per heavy atom. The van der Waals surface area contributed by atoms with Gasteiger partial charge in [-0.25, -0.2) is 4.39 Å². The van der Waals surface area contributed by atoms with Gasteiger partial charge in [0.05, 0.1) is 6.42 Å². The normalized spacial score (nSPS) is 15.8. The predicted octanol–water partition coefficient (Wildman–Crippen LogP) is 4.99. The van der Waals surface area contributed by atoms with Gasteiger partial charge in [-0.1, -0.05) is 37.1 Å². The highest BCUT2D eigenvalue weighted by molar-refractivity contribution is 7.10. The van der Waals surface area contributed by atoms with Gasteiger partial charge < -0.3 is 14.8 Å². The number of ether oxygens (including phenoxy) is 2. The summed E-state index contributed by atoms with van der Waals surface area (Å²) in [5.41, 5.74) is 0.593. The molecule has 8 heteroatoms. The number of amides is 2. The summed E-state index contributed by atoms with van der Waals surface area (Å²) in [4.78, 5) is 29.7. The Balaban J connectivity index is 1.58. The third-order valence-corrected chi connectivity index (χ3v) is 7.09. The lowest BCUT2D eigenvalue weighted by molar-refractivity contribution is -0.127. The molecule has 176 valence electrons. The number of thiophene rings is 1. The summed E-state index contributed by atoms with van der Waals surface area (Å²) in [7, 11) is 0. The van der Waals surface area contributed by atoms with E-state index in [1.807, 2.05) is 17.5 Å². The maximum absolute atomic E-state index is 15.1. The van der Waals surface area contributed by atoms with E-state index in [9.17, 15) is 9.59 Å². The molecule has 1 aromatic heterocycles. The van der Waals surface area contributed by atoms with Crippen LogP contribution in [0.5, 0.6) is 11.5 Å². The molecule has 2 heterocycles. The molecule has 0 saturated heterocycles. The van der Waals surface area contributed by atoms with Gasteiger partial charge in [0.25, 0.3) is 0 Å². The van der Waals surface area contributed by atoms with Crippen molar-refractivity contribution in [3.05, 3.63) is 76.2 Å². The molecular formula is C26H25FN2O4S. The third kappa shape index (κ3) is 4.63. The molecule has 0 bridgehead atoms. The topological polar surface area (TPSA) is 67.9 Å². The Morgan fingerprint density at radius 3 is 2.62 bits per heavy atom. The van der Waals surface area contributed by atoms with Gasteiger partial charge in [0.1, 0.15) is 11.9 Å². The maximum Gasteiger partial charge on any atom is 0.248 e. The van der Waals surface area contributed by atoms with Crippen molar-refractivity contribution in [2.24, 2.45) is 0 Å². The molecule has 1 atom stereocenters. The van der Waals surface area contributed by atoms with E-state index in [0.29, 0.717) is 17.2 Å². The lowest BCUT2D eigenvalue weighted by Gasteiger charge is -2.32. The van der Waals surface area contributed by atoms with Gasteiger partial charge in [0.2, 0.25) is 18.6 Å². The van der Waals surface area contributed by atoms with Crippen molar-refractivity contribution < 1.29 is 23.5 Å². The molecule has 3 aromatic rings. The molecule has 1 unspecified atom stereocenters. The molecule has 0 spiro atoms. The third-order valence-electron chi connectivity index (χ3n) is 6.22. The first-order valence-electron chi connectivity index (χ1n) is 11.4. The van der Waals surface area contributed by atoms with Crippen molar-refractivity contribution >= 4 is 28.8 Å². The molecular weight excluding hydrogens is 455 g/mol. The van der Waals surface area contributed by atoms with E-state index in [1.165, 1.54) is 22.3 Å². The number of halogens is 1. The zero-order valence-corrected chi connectivity index (χ0v) is 19.4. The Bertz CT molecular complexity index is 1180. The number of hydrogen-bond acceptors (Lipinski definition) is 5. The second-order valence-corrected chi connectivity index (χ2v) is 9.50. The summed E-state index contributed by atoms with van der Waals surface area (Å²) in [6.07, 6.45) is 3.93. The smallest absolute Gasteiger partial charge is 0.248 e. The minimum Gasteiger partial charge on any atom is -0.454 e. The van der Waals surface area contributed by atoms with Gasteiger partial charge in [0, 0.05) is 28.2 Å². The van der Waals surface area contributed by atoms with E-state index >= 15 is 4.39 Å². The molecule has 1 N–H and O–H groups in total. The summed E-state index contributed by atoms with van der Waals surface area (Å²) in [6, 6.07) is 13.8. The second-order valence-electron chi connectivity index (χ2n) is 8.47. The number of benzene rings is 2. The highest BCUT2D eigenvalue weighted by Gasteiger charge is 2.36. The van der Waals surface area contributed by atoms with Crippen LogP contribution >= 0.6 is 11.3 Å². The monoisotopic (exact) mass is 480 g/mol. The fraction of sp³-hybridized carbons (Fsp3) is 0.308. The molecule has 6 nitrogen and oxygen atoms in total. The Kier molecular flexibility index (Phi) is 6.49. The van der Waals surface area contributed by atoms with E-state index < -0.39 is 17.8 Å². The molecule has 2 aliphatic rings. The Morgan fingerprint density at radius 1 is 1.06 bits per heavy atom. The van der Waals surface area contributed by atoms with Crippen molar-refractivity contribution in [3.63, 3.8) is 0 Å². The molecule has 1 saturated carbocycles. The van der Waals surface area contributed by atoms with Gasteiger partial charge in [-0.2, -0.15) is 0 Å². The number of nitrogens with one attached hydrogen (secondary N) is 1. The largest absolute Gasteiger partial charge is 0.454 e. The first-order chi connectivity index (χ1) is 16.6. The van der Waals surface area contributed by atoms with Crippen LogP contribution in [0.3, 0.4) is 0 Å². The van der Waals surface area contributed by atoms with Crippen molar-refractivity contribution in [3.8, 4) is 11.5 Å². The van der Waals surface area contributed by atoms with Crippen molar-refractivity contribution in [1.29, 1.82) is 0 Å². The highest BCUT2D eigenvalue weighted by Crippen LogP contribution is 2.39. The number of carbonyl (C=O) groups excluding carboxylic acids is 2. The molecule has 0 radical (unpaired) electrons. The van der Waals surface area contributed by atoms with E-state index in [1.54, 1.807) is 36.4 Å². The summed E-state index contributed by atoms with van der Waals surface area (Å²) in [5, 5.41) is 4.97. The predicted molar refractivity (Wildman–Crippen MR) is 128 cm³/mol. The maximum atomic E-state index is 15.1. The standard InChI is InChI=1S/C26H25FN2O4S/c27-21-10-4-3-9-20(21)25(26(31)28-17-6-1-2-7-17)29(24(30)15-19-8-5-13-34-19)18-11-12-22-23(14-18)33-16-32-22/h3-5,8-14,17,25H,1-2,6-7,15-16H2,(H,28,31). The van der Waals surface area contributed by atoms with Crippen LogP contribution in [0.2, 0.25) is 0 Å². The molecule has 1 fully saturated rings. The highest BCUT2D eigenvalue weighted by atomic mass is 32.1. The average molecular weight is 481 g/mol. The summed E-state index contributed by atoms with van der Waals surface area (Å²) in [6.45, 7) is 0.0842. The Hall–Kier alpha value is -3.39. The molecule has 2 amide bonds. The van der Waals surface area contributed by atoms with E-state index in [2.05, 4.69) is 5.32 Å². The van der Waals surface area contributed by atoms with E-state index in [4.69, 9.17) is 9.47 Å². The number of anilines is 1. The van der Waals surface area contributed by atoms with Crippen molar-refractivity contribution in [1.82, 2.24) is 5.32 Å². The number of carbonyl (C=O) groups is 2. The average Bonchev–Trinajstić information content (AvgIpc) is 3.60. The summed E-state index contributed by atoms with van der Waals surface area (Å²) < 4.78 is 26.0. The fourth-order valence-electron chi connectivity index (χ4n) is 4.56. The van der Waals surface area contributed by atoms with Gasteiger partial charge in [0.15, 0.2) is 11.5 Å². The van der Waals surface area contributed by atoms with Gasteiger partial charge in [-0.3, -0.25) is 14.5 Å². The molecule has 34 heavy (non-hydrogen) atoms. The number of fused-ring (bicyclic) bond motifs is 1. The van der Waals surface area contributed by atoms with Crippen molar-refractivity contribution in [2.45, 2.75) is 44.2 Å². The minimum atomic E-state index is -1.17. The Labute approximate surface area is 201 Å². The number of rotatable bonds is 7. The van der Waals surface area contributed by atoms with Crippen LogP contribution in [0.1, 0.15) is 42.2 Å². The van der Waals surface area contributed by atoms with Crippen LogP contribution in [-0.4, -0.2) is 24.6 Å². The minimum absolute atomic E-state index is 0.0211. The van der Waals surface area contributed by atoms with Crippen LogP contribution in [0.4, 0.5) is 10.1 Å².